The van der Waals surface area contributed by atoms with Crippen LogP contribution in [0.5, 0.6) is 5.75 Å². The van der Waals surface area contributed by atoms with Gasteiger partial charge in [0, 0.05) is 12.7 Å². The van der Waals surface area contributed by atoms with Crippen LogP contribution < -0.4 is 9.64 Å². The van der Waals surface area contributed by atoms with Gasteiger partial charge in [0.05, 0.1) is 12.8 Å². The fourth-order valence-electron chi connectivity index (χ4n) is 2.79. The molecular weight excluding hydrogens is 320 g/mol. The van der Waals surface area contributed by atoms with Gasteiger partial charge in [-0.05, 0) is 51.1 Å². The average Bonchev–Trinajstić information content (AvgIpc) is 3.16. The molecule has 3 rings (SSSR count). The Hall–Kier alpha value is -3.09. The summed E-state index contributed by atoms with van der Waals surface area (Å²) in [7, 11) is 3.31. The number of amides is 1. The van der Waals surface area contributed by atoms with E-state index < -0.39 is 0 Å². The molecule has 0 N–H and O–H groups in total. The normalized spacial score (nSPS) is 10.8. The van der Waals surface area contributed by atoms with Gasteiger partial charge in [-0.15, -0.1) is 0 Å². The van der Waals surface area contributed by atoms with E-state index in [1.165, 1.54) is 4.90 Å². The van der Waals surface area contributed by atoms with Crippen LogP contribution in [0.4, 0.5) is 5.69 Å². The van der Waals surface area contributed by atoms with Gasteiger partial charge in [0.1, 0.15) is 17.1 Å². The Labute approximate surface area is 145 Å². The van der Waals surface area contributed by atoms with Gasteiger partial charge in [-0.2, -0.15) is 5.10 Å². The number of benzene rings is 1. The topological polar surface area (TPSA) is 73.4 Å². The van der Waals surface area contributed by atoms with Crippen LogP contribution in [0.1, 0.15) is 27.6 Å². The Morgan fingerprint density at radius 3 is 2.44 bits per heavy atom. The number of nitrogens with zero attached hydrogens (tertiary/aromatic N) is 4. The summed E-state index contributed by atoms with van der Waals surface area (Å²) >= 11 is 0. The summed E-state index contributed by atoms with van der Waals surface area (Å²) in [5, 5.41) is 8.35. The average molecular weight is 340 g/mol. The van der Waals surface area contributed by atoms with Crippen LogP contribution in [-0.4, -0.2) is 35.0 Å². The molecule has 3 aromatic rings. The number of hydrogen-bond donors (Lipinski definition) is 0. The van der Waals surface area contributed by atoms with Gasteiger partial charge in [-0.25, -0.2) is 4.68 Å². The third-order valence-electron chi connectivity index (χ3n) is 4.06. The Balaban J connectivity index is 1.92. The van der Waals surface area contributed by atoms with E-state index in [0.29, 0.717) is 22.8 Å². The van der Waals surface area contributed by atoms with Gasteiger partial charge < -0.3 is 14.2 Å². The second-order valence-electron chi connectivity index (χ2n) is 5.82. The first-order valence-corrected chi connectivity index (χ1v) is 7.84. The Morgan fingerprint density at radius 2 is 1.88 bits per heavy atom. The molecule has 0 aliphatic heterocycles. The molecule has 0 radical (unpaired) electrons. The Kier molecular flexibility index (Phi) is 4.31. The van der Waals surface area contributed by atoms with Crippen LogP contribution in [0.3, 0.4) is 0 Å². The smallest absolute Gasteiger partial charge is 0.278 e. The van der Waals surface area contributed by atoms with Crippen molar-refractivity contribution in [2.24, 2.45) is 0 Å². The van der Waals surface area contributed by atoms with Crippen LogP contribution in [0.15, 0.2) is 34.9 Å². The number of aryl methyl sites for hydroxylation is 3. The lowest BCUT2D eigenvalue weighted by Gasteiger charge is -2.15. The fraction of sp³-hybridized carbons (Fsp3) is 0.278. The molecule has 0 aliphatic carbocycles. The zero-order chi connectivity index (χ0) is 18.1. The molecule has 0 saturated heterocycles. The number of hydrogen-bond acceptors (Lipinski definition) is 5. The maximum Gasteiger partial charge on any atom is 0.278 e. The van der Waals surface area contributed by atoms with E-state index in [2.05, 4.69) is 10.3 Å². The molecule has 7 nitrogen and oxygen atoms in total. The largest absolute Gasteiger partial charge is 0.497 e. The lowest BCUT2D eigenvalue weighted by Crippen LogP contribution is -2.27. The molecule has 7 heteroatoms. The van der Waals surface area contributed by atoms with E-state index in [1.54, 1.807) is 38.8 Å². The minimum Gasteiger partial charge on any atom is -0.497 e. The summed E-state index contributed by atoms with van der Waals surface area (Å²) in [5.41, 5.74) is 3.41. The zero-order valence-electron chi connectivity index (χ0n) is 14.9. The third kappa shape index (κ3) is 3.00. The summed E-state index contributed by atoms with van der Waals surface area (Å²) in [5.74, 6) is 1.15. The molecule has 1 amide bonds. The van der Waals surface area contributed by atoms with Crippen molar-refractivity contribution in [2.45, 2.75) is 20.8 Å². The van der Waals surface area contributed by atoms with Crippen molar-refractivity contribution < 1.29 is 14.1 Å². The second kappa shape index (κ2) is 6.43. The van der Waals surface area contributed by atoms with Crippen molar-refractivity contribution in [3.05, 3.63) is 53.2 Å². The number of carbonyl (C=O) groups excluding carboxylic acids is 1. The van der Waals surface area contributed by atoms with Crippen LogP contribution in [0.25, 0.3) is 5.69 Å². The number of rotatable bonds is 4. The SMILES string of the molecule is COc1ccc(-n2nc(C(=O)N(C)c3c(C)noc3C)cc2C)cc1. The number of anilines is 1. The highest BCUT2D eigenvalue weighted by Crippen LogP contribution is 2.25. The molecule has 0 fully saturated rings. The van der Waals surface area contributed by atoms with Crippen molar-refractivity contribution in [1.82, 2.24) is 14.9 Å². The number of carbonyl (C=O) groups is 1. The predicted octanol–water partition coefficient (Wildman–Crippen LogP) is 3.07. The highest BCUT2D eigenvalue weighted by molar-refractivity contribution is 6.05. The molecule has 25 heavy (non-hydrogen) atoms. The third-order valence-corrected chi connectivity index (χ3v) is 4.06. The molecule has 0 atom stereocenters. The molecular formula is C18H20N4O3. The van der Waals surface area contributed by atoms with E-state index in [9.17, 15) is 4.79 Å². The molecule has 0 bridgehead atoms. The van der Waals surface area contributed by atoms with E-state index >= 15 is 0 Å². The van der Waals surface area contributed by atoms with E-state index in [1.807, 2.05) is 31.2 Å². The molecule has 130 valence electrons. The molecule has 0 spiro atoms. The minimum atomic E-state index is -0.218. The van der Waals surface area contributed by atoms with Gasteiger partial charge in [0.25, 0.3) is 5.91 Å². The molecule has 0 unspecified atom stereocenters. The zero-order valence-corrected chi connectivity index (χ0v) is 14.9. The first-order valence-electron chi connectivity index (χ1n) is 7.84. The number of ether oxygens (including phenoxy) is 1. The highest BCUT2D eigenvalue weighted by Gasteiger charge is 2.23. The highest BCUT2D eigenvalue weighted by atomic mass is 16.5. The molecule has 2 aromatic heterocycles. The molecule has 1 aromatic carbocycles. The summed E-state index contributed by atoms with van der Waals surface area (Å²) < 4.78 is 12.0. The first-order chi connectivity index (χ1) is 11.9. The van der Waals surface area contributed by atoms with Crippen molar-refractivity contribution in [3.63, 3.8) is 0 Å². The maximum atomic E-state index is 12.8. The van der Waals surface area contributed by atoms with E-state index in [4.69, 9.17) is 9.26 Å². The summed E-state index contributed by atoms with van der Waals surface area (Å²) in [6.45, 7) is 5.49. The second-order valence-corrected chi connectivity index (χ2v) is 5.82. The number of aromatic nitrogens is 3. The van der Waals surface area contributed by atoms with Gasteiger partial charge in [-0.3, -0.25) is 4.79 Å². The summed E-state index contributed by atoms with van der Waals surface area (Å²) in [6.07, 6.45) is 0. The monoisotopic (exact) mass is 340 g/mol. The summed E-state index contributed by atoms with van der Waals surface area (Å²) in [6, 6.07) is 9.26. The van der Waals surface area contributed by atoms with E-state index in [-0.39, 0.29) is 5.91 Å². The quantitative estimate of drug-likeness (QED) is 0.730. The van der Waals surface area contributed by atoms with Gasteiger partial charge >= 0.3 is 0 Å². The van der Waals surface area contributed by atoms with Crippen LogP contribution in [-0.2, 0) is 0 Å². The Bertz CT molecular complexity index is 890. The van der Waals surface area contributed by atoms with Crippen LogP contribution in [0.2, 0.25) is 0 Å². The van der Waals surface area contributed by atoms with Crippen LogP contribution >= 0.6 is 0 Å². The standard InChI is InChI=1S/C18H20N4O3/c1-11-10-16(18(23)21(4)17-12(2)20-25-13(17)3)19-22(11)14-6-8-15(24-5)9-7-14/h6-10H,1-5H3. The van der Waals surface area contributed by atoms with Crippen molar-refractivity contribution in [2.75, 3.05) is 19.1 Å². The predicted molar refractivity (Wildman–Crippen MR) is 93.6 cm³/mol. The van der Waals surface area contributed by atoms with Crippen molar-refractivity contribution in [3.8, 4) is 11.4 Å². The van der Waals surface area contributed by atoms with Crippen molar-refractivity contribution in [1.29, 1.82) is 0 Å². The lowest BCUT2D eigenvalue weighted by atomic mass is 10.2. The lowest BCUT2D eigenvalue weighted by molar-refractivity contribution is 0.0987. The summed E-state index contributed by atoms with van der Waals surface area (Å²) in [4.78, 5) is 14.3. The van der Waals surface area contributed by atoms with Crippen molar-refractivity contribution >= 4 is 11.6 Å². The van der Waals surface area contributed by atoms with Crippen LogP contribution in [0, 0.1) is 20.8 Å². The van der Waals surface area contributed by atoms with Gasteiger partial charge in [-0.1, -0.05) is 5.16 Å². The first kappa shape index (κ1) is 16.8. The van der Waals surface area contributed by atoms with Gasteiger partial charge in [0.15, 0.2) is 11.5 Å². The molecule has 0 saturated carbocycles. The number of methoxy groups -OCH3 is 1. The fourth-order valence-corrected chi connectivity index (χ4v) is 2.79. The maximum absolute atomic E-state index is 12.8. The van der Waals surface area contributed by atoms with Gasteiger partial charge in [0.2, 0.25) is 0 Å². The molecule has 0 aliphatic rings. The van der Waals surface area contributed by atoms with E-state index in [0.717, 1.165) is 17.1 Å². The Morgan fingerprint density at radius 1 is 1.20 bits per heavy atom. The molecule has 2 heterocycles. The minimum absolute atomic E-state index is 0.218.